The fraction of sp³-hybridized carbons (Fsp3) is 0.435. The van der Waals surface area contributed by atoms with Crippen molar-refractivity contribution in [1.29, 1.82) is 0 Å². The molecule has 0 amide bonds. The zero-order valence-corrected chi connectivity index (χ0v) is 17.5. The van der Waals surface area contributed by atoms with Gasteiger partial charge in [0, 0.05) is 11.6 Å². The van der Waals surface area contributed by atoms with Crippen molar-refractivity contribution in [2.24, 2.45) is 5.92 Å². The smallest absolute Gasteiger partial charge is 0.306 e. The average molecular weight is 399 g/mol. The second kappa shape index (κ2) is 9.18. The lowest BCUT2D eigenvalue weighted by molar-refractivity contribution is -0.143. The Morgan fingerprint density at radius 3 is 2.03 bits per heavy atom. The third kappa shape index (κ3) is 4.48. The van der Waals surface area contributed by atoms with Crippen LogP contribution < -0.4 is 14.2 Å². The van der Waals surface area contributed by atoms with E-state index in [0.29, 0.717) is 43.2 Å². The summed E-state index contributed by atoms with van der Waals surface area (Å²) < 4.78 is 16.7. The van der Waals surface area contributed by atoms with E-state index in [9.17, 15) is 9.90 Å². The molecule has 1 aliphatic rings. The molecule has 2 aromatic rings. The standard InChI is InChI=1S/C23H29NO5/c1-15-5-7-16(8-6-15)22(24-11-9-17(10-12-24)23(25)26)18-13-20(28-3)21(29-4)14-19(18)27-2/h5-8,13-14,17,22H,9-12H2,1-4H3,(H,25,26). The maximum absolute atomic E-state index is 11.4. The normalized spacial score (nSPS) is 16.3. The Balaban J connectivity index is 2.06. The first kappa shape index (κ1) is 21.0. The number of nitrogens with zero attached hydrogens (tertiary/aromatic N) is 1. The molecule has 0 bridgehead atoms. The molecule has 6 nitrogen and oxygen atoms in total. The highest BCUT2D eigenvalue weighted by Crippen LogP contribution is 2.42. The Labute approximate surface area is 172 Å². The van der Waals surface area contributed by atoms with Crippen LogP contribution in [0.4, 0.5) is 0 Å². The summed E-state index contributed by atoms with van der Waals surface area (Å²) in [5, 5.41) is 9.37. The number of methoxy groups -OCH3 is 3. The number of hydrogen-bond acceptors (Lipinski definition) is 5. The van der Waals surface area contributed by atoms with Crippen molar-refractivity contribution < 1.29 is 24.1 Å². The molecule has 2 aromatic carbocycles. The Morgan fingerprint density at radius 2 is 1.52 bits per heavy atom. The van der Waals surface area contributed by atoms with E-state index in [2.05, 4.69) is 36.1 Å². The van der Waals surface area contributed by atoms with Crippen LogP contribution in [0.5, 0.6) is 17.2 Å². The van der Waals surface area contributed by atoms with Gasteiger partial charge in [-0.05, 0) is 44.5 Å². The van der Waals surface area contributed by atoms with Crippen molar-refractivity contribution in [2.45, 2.75) is 25.8 Å². The Kier molecular flexibility index (Phi) is 6.64. The fourth-order valence-electron chi connectivity index (χ4n) is 4.01. The highest BCUT2D eigenvalue weighted by molar-refractivity contribution is 5.70. The van der Waals surface area contributed by atoms with Crippen LogP contribution in [0.3, 0.4) is 0 Å². The molecule has 0 spiro atoms. The number of likely N-dealkylation sites (tertiary alicyclic amines) is 1. The van der Waals surface area contributed by atoms with E-state index in [-0.39, 0.29) is 12.0 Å². The largest absolute Gasteiger partial charge is 0.496 e. The first-order chi connectivity index (χ1) is 14.0. The van der Waals surface area contributed by atoms with Crippen molar-refractivity contribution in [3.63, 3.8) is 0 Å². The predicted octanol–water partition coefficient (Wildman–Crippen LogP) is 3.91. The number of carbonyl (C=O) groups is 1. The summed E-state index contributed by atoms with van der Waals surface area (Å²) >= 11 is 0. The van der Waals surface area contributed by atoms with Crippen LogP contribution >= 0.6 is 0 Å². The van der Waals surface area contributed by atoms with Gasteiger partial charge in [0.2, 0.25) is 0 Å². The molecule has 1 unspecified atom stereocenters. The second-order valence-corrected chi connectivity index (χ2v) is 7.41. The van der Waals surface area contributed by atoms with Gasteiger partial charge in [-0.15, -0.1) is 0 Å². The van der Waals surface area contributed by atoms with Crippen molar-refractivity contribution in [2.75, 3.05) is 34.4 Å². The summed E-state index contributed by atoms with van der Waals surface area (Å²) in [6.45, 7) is 3.47. The average Bonchev–Trinajstić information content (AvgIpc) is 2.75. The molecular weight excluding hydrogens is 370 g/mol. The van der Waals surface area contributed by atoms with Gasteiger partial charge >= 0.3 is 5.97 Å². The molecule has 29 heavy (non-hydrogen) atoms. The topological polar surface area (TPSA) is 68.2 Å². The SMILES string of the molecule is COc1cc(OC)c(C(c2ccc(C)cc2)N2CCC(C(=O)O)CC2)cc1OC. The summed E-state index contributed by atoms with van der Waals surface area (Å²) in [6, 6.07) is 12.2. The zero-order chi connectivity index (χ0) is 21.0. The number of piperidine rings is 1. The number of hydrogen-bond donors (Lipinski definition) is 1. The van der Waals surface area contributed by atoms with Gasteiger partial charge in [0.25, 0.3) is 0 Å². The monoisotopic (exact) mass is 399 g/mol. The first-order valence-corrected chi connectivity index (χ1v) is 9.81. The fourth-order valence-corrected chi connectivity index (χ4v) is 4.01. The molecule has 156 valence electrons. The number of carboxylic acids is 1. The summed E-state index contributed by atoms with van der Waals surface area (Å²) in [5.74, 6) is 0.979. The van der Waals surface area contributed by atoms with Crippen LogP contribution in [0, 0.1) is 12.8 Å². The van der Waals surface area contributed by atoms with Crippen molar-refractivity contribution in [3.8, 4) is 17.2 Å². The lowest BCUT2D eigenvalue weighted by Crippen LogP contribution is -2.39. The van der Waals surface area contributed by atoms with Crippen LogP contribution in [0.15, 0.2) is 36.4 Å². The zero-order valence-electron chi connectivity index (χ0n) is 17.5. The van der Waals surface area contributed by atoms with Gasteiger partial charge in [-0.2, -0.15) is 0 Å². The Bertz CT molecular complexity index is 841. The van der Waals surface area contributed by atoms with Gasteiger partial charge in [-0.1, -0.05) is 29.8 Å². The Hall–Kier alpha value is -2.73. The highest BCUT2D eigenvalue weighted by atomic mass is 16.5. The number of ether oxygens (including phenoxy) is 3. The molecule has 1 N–H and O–H groups in total. The third-order valence-corrected chi connectivity index (χ3v) is 5.67. The third-order valence-electron chi connectivity index (χ3n) is 5.67. The molecule has 0 aliphatic carbocycles. The number of aliphatic carboxylic acids is 1. The summed E-state index contributed by atoms with van der Waals surface area (Å²) in [4.78, 5) is 13.7. The quantitative estimate of drug-likeness (QED) is 0.761. The lowest BCUT2D eigenvalue weighted by Gasteiger charge is -2.37. The van der Waals surface area contributed by atoms with Gasteiger partial charge in [0.15, 0.2) is 11.5 Å². The lowest BCUT2D eigenvalue weighted by atomic mass is 9.90. The van der Waals surface area contributed by atoms with Crippen molar-refractivity contribution in [3.05, 3.63) is 53.1 Å². The van der Waals surface area contributed by atoms with E-state index in [1.807, 2.05) is 12.1 Å². The molecule has 0 saturated carbocycles. The molecule has 1 fully saturated rings. The van der Waals surface area contributed by atoms with Crippen LogP contribution in [0.2, 0.25) is 0 Å². The van der Waals surface area contributed by atoms with Gasteiger partial charge < -0.3 is 19.3 Å². The minimum atomic E-state index is -0.708. The number of carboxylic acid groups (broad SMARTS) is 1. The second-order valence-electron chi connectivity index (χ2n) is 7.41. The van der Waals surface area contributed by atoms with Crippen LogP contribution in [0.25, 0.3) is 0 Å². The van der Waals surface area contributed by atoms with E-state index in [0.717, 1.165) is 11.1 Å². The van der Waals surface area contributed by atoms with Gasteiger partial charge in [0.05, 0.1) is 33.3 Å². The van der Waals surface area contributed by atoms with E-state index in [4.69, 9.17) is 14.2 Å². The first-order valence-electron chi connectivity index (χ1n) is 9.81. The molecule has 1 heterocycles. The van der Waals surface area contributed by atoms with E-state index in [1.54, 1.807) is 21.3 Å². The molecule has 3 rings (SSSR count). The van der Waals surface area contributed by atoms with E-state index >= 15 is 0 Å². The van der Waals surface area contributed by atoms with Crippen molar-refractivity contribution >= 4 is 5.97 Å². The molecule has 1 atom stereocenters. The maximum Gasteiger partial charge on any atom is 0.306 e. The highest BCUT2D eigenvalue weighted by Gasteiger charge is 2.32. The molecule has 1 saturated heterocycles. The number of aryl methyl sites for hydroxylation is 1. The van der Waals surface area contributed by atoms with Crippen molar-refractivity contribution in [1.82, 2.24) is 4.90 Å². The summed E-state index contributed by atoms with van der Waals surface area (Å²) in [7, 11) is 4.87. The molecule has 0 aromatic heterocycles. The summed E-state index contributed by atoms with van der Waals surface area (Å²) in [5.41, 5.74) is 3.30. The van der Waals surface area contributed by atoms with E-state index < -0.39 is 5.97 Å². The van der Waals surface area contributed by atoms with Gasteiger partial charge in [-0.3, -0.25) is 9.69 Å². The molecule has 0 radical (unpaired) electrons. The minimum Gasteiger partial charge on any atom is -0.496 e. The van der Waals surface area contributed by atoms with Gasteiger partial charge in [-0.25, -0.2) is 0 Å². The maximum atomic E-state index is 11.4. The molecular formula is C23H29NO5. The minimum absolute atomic E-state index is 0.0694. The number of benzene rings is 2. The molecule has 1 aliphatic heterocycles. The van der Waals surface area contributed by atoms with Crippen LogP contribution in [-0.2, 0) is 4.79 Å². The summed E-state index contributed by atoms with van der Waals surface area (Å²) in [6.07, 6.45) is 1.26. The number of rotatable bonds is 7. The Morgan fingerprint density at radius 1 is 0.966 bits per heavy atom. The molecule has 6 heteroatoms. The van der Waals surface area contributed by atoms with E-state index in [1.165, 1.54) is 5.56 Å². The van der Waals surface area contributed by atoms with Crippen LogP contribution in [0.1, 0.15) is 35.6 Å². The predicted molar refractivity (Wildman–Crippen MR) is 111 cm³/mol. The van der Waals surface area contributed by atoms with Crippen LogP contribution in [-0.4, -0.2) is 50.4 Å². The van der Waals surface area contributed by atoms with Gasteiger partial charge in [0.1, 0.15) is 5.75 Å².